The predicted molar refractivity (Wildman–Crippen MR) is 114 cm³/mol. The summed E-state index contributed by atoms with van der Waals surface area (Å²) in [7, 11) is 2.09. The topological polar surface area (TPSA) is 74.6 Å². The van der Waals surface area contributed by atoms with Crippen LogP contribution in [0.1, 0.15) is 34.7 Å². The van der Waals surface area contributed by atoms with Crippen LogP contribution in [0.2, 0.25) is 0 Å². The number of carbonyl (C=O) groups is 1. The lowest BCUT2D eigenvalue weighted by molar-refractivity contribution is -0.317. The minimum absolute atomic E-state index is 0.0494. The Kier molecular flexibility index (Phi) is 6.31. The molecule has 1 aliphatic rings. The van der Waals surface area contributed by atoms with Crippen molar-refractivity contribution in [3.8, 4) is 6.01 Å². The Labute approximate surface area is 188 Å². The van der Waals surface area contributed by atoms with E-state index in [1.54, 1.807) is 36.4 Å². The van der Waals surface area contributed by atoms with Crippen LogP contribution in [-0.2, 0) is 15.3 Å². The molecule has 0 saturated carbocycles. The zero-order valence-electron chi connectivity index (χ0n) is 18.2. The average molecular weight is 463 g/mol. The number of halogens is 3. The third kappa shape index (κ3) is 4.16. The van der Waals surface area contributed by atoms with Crippen LogP contribution in [0.3, 0.4) is 0 Å². The van der Waals surface area contributed by atoms with Crippen molar-refractivity contribution in [2.75, 3.05) is 27.4 Å². The maximum Gasteiger partial charge on any atom is 0.459 e. The first kappa shape index (κ1) is 23.1. The highest BCUT2D eigenvalue weighted by atomic mass is 19.4. The van der Waals surface area contributed by atoms with Crippen LogP contribution in [-0.4, -0.2) is 49.1 Å². The molecule has 4 rings (SSSR count). The molecule has 1 unspecified atom stereocenters. The Bertz CT molecular complexity index is 1130. The number of ether oxygens (including phenoxy) is 3. The zero-order chi connectivity index (χ0) is 23.6. The van der Waals surface area contributed by atoms with E-state index in [0.29, 0.717) is 18.7 Å². The number of rotatable bonds is 6. The van der Waals surface area contributed by atoms with Crippen LogP contribution in [0, 0.1) is 0 Å². The van der Waals surface area contributed by atoms with Crippen molar-refractivity contribution in [1.29, 1.82) is 0 Å². The summed E-state index contributed by atoms with van der Waals surface area (Å²) < 4.78 is 60.1. The molecular formula is C23H24F3N3O4. The number of nitrogens with zero attached hydrogens (tertiary/aromatic N) is 2. The zero-order valence-corrected chi connectivity index (χ0v) is 18.2. The van der Waals surface area contributed by atoms with Gasteiger partial charge in [0, 0.05) is 25.9 Å². The number of nitrogens with one attached hydrogen (secondary N) is 1. The van der Waals surface area contributed by atoms with Crippen LogP contribution >= 0.6 is 0 Å². The quantitative estimate of drug-likeness (QED) is 0.555. The van der Waals surface area contributed by atoms with E-state index < -0.39 is 17.9 Å². The lowest BCUT2D eigenvalue weighted by Crippen LogP contribution is -2.61. The van der Waals surface area contributed by atoms with Crippen molar-refractivity contribution in [3.63, 3.8) is 0 Å². The second kappa shape index (κ2) is 9.03. The van der Waals surface area contributed by atoms with E-state index in [0.717, 1.165) is 30.1 Å². The fraction of sp³-hybridized carbons (Fsp3) is 0.391. The highest BCUT2D eigenvalue weighted by Crippen LogP contribution is 2.41. The van der Waals surface area contributed by atoms with Gasteiger partial charge in [-0.05, 0) is 48.6 Å². The largest absolute Gasteiger partial charge is 0.468 e. The maximum atomic E-state index is 14.6. The molecule has 1 aliphatic heterocycles. The number of fused-ring (bicyclic) bond motifs is 1. The molecule has 0 bridgehead atoms. The number of amides is 1. The van der Waals surface area contributed by atoms with Crippen molar-refractivity contribution in [3.05, 3.63) is 59.7 Å². The summed E-state index contributed by atoms with van der Waals surface area (Å²) in [5.74, 6) is -3.98. The minimum atomic E-state index is -5.05. The highest BCUT2D eigenvalue weighted by Gasteiger charge is 2.61. The van der Waals surface area contributed by atoms with Crippen molar-refractivity contribution >= 4 is 16.9 Å². The first-order chi connectivity index (χ1) is 15.8. The second-order valence-corrected chi connectivity index (χ2v) is 7.73. The van der Waals surface area contributed by atoms with E-state index in [1.807, 2.05) is 5.32 Å². The number of methoxy groups -OCH3 is 2. The summed E-state index contributed by atoms with van der Waals surface area (Å²) in [6, 6.07) is 12.3. The number of imidazole rings is 1. The number of alkyl halides is 3. The Morgan fingerprint density at radius 3 is 2.42 bits per heavy atom. The highest BCUT2D eigenvalue weighted by molar-refractivity contribution is 5.94. The van der Waals surface area contributed by atoms with Gasteiger partial charge in [0.15, 0.2) is 0 Å². The molecule has 33 heavy (non-hydrogen) atoms. The normalized spacial score (nSPS) is 17.0. The van der Waals surface area contributed by atoms with Gasteiger partial charge in [0.25, 0.3) is 5.91 Å². The molecule has 3 aromatic rings. The molecule has 0 spiro atoms. The van der Waals surface area contributed by atoms with Crippen LogP contribution in [0.4, 0.5) is 13.2 Å². The number of hydrogen-bond donors (Lipinski definition) is 1. The first-order valence-electron chi connectivity index (χ1n) is 10.4. The Balaban J connectivity index is 1.84. The molecule has 10 heteroatoms. The van der Waals surface area contributed by atoms with Crippen LogP contribution in [0.25, 0.3) is 11.0 Å². The van der Waals surface area contributed by atoms with Crippen LogP contribution < -0.4 is 10.1 Å². The van der Waals surface area contributed by atoms with Crippen LogP contribution in [0.5, 0.6) is 6.01 Å². The first-order valence-corrected chi connectivity index (χ1v) is 10.4. The third-order valence-electron chi connectivity index (χ3n) is 5.84. The molecular weight excluding hydrogens is 439 g/mol. The molecule has 1 amide bonds. The molecule has 1 fully saturated rings. The molecule has 2 aromatic carbocycles. The summed E-state index contributed by atoms with van der Waals surface area (Å²) >= 11 is 0. The Morgan fingerprint density at radius 2 is 1.82 bits per heavy atom. The van der Waals surface area contributed by atoms with Crippen molar-refractivity contribution in [1.82, 2.24) is 14.9 Å². The minimum Gasteiger partial charge on any atom is -0.468 e. The average Bonchev–Trinajstić information content (AvgIpc) is 3.21. The van der Waals surface area contributed by atoms with Gasteiger partial charge in [-0.3, -0.25) is 10.1 Å². The summed E-state index contributed by atoms with van der Waals surface area (Å²) in [6.45, 7) is 1.26. The van der Waals surface area contributed by atoms with Gasteiger partial charge >= 0.3 is 18.0 Å². The standard InChI is InChI=1S/C23H24F3N3O4/c1-31-21-27-18-14-17(15-10-12-33-13-11-15)8-9-19(18)29(21)23(32-2,22(24,25)26)28-20(30)16-6-4-3-5-7-16/h3-9,14-15H,10-13H2,1-2H3,(H,28,30). The van der Waals surface area contributed by atoms with E-state index in [4.69, 9.17) is 14.2 Å². The summed E-state index contributed by atoms with van der Waals surface area (Å²) in [5.41, 5.74) is 1.42. The lowest BCUT2D eigenvalue weighted by atomic mass is 9.91. The monoisotopic (exact) mass is 463 g/mol. The van der Waals surface area contributed by atoms with Gasteiger partial charge in [-0.25, -0.2) is 4.57 Å². The third-order valence-corrected chi connectivity index (χ3v) is 5.84. The molecule has 176 valence electrons. The van der Waals surface area contributed by atoms with E-state index >= 15 is 0 Å². The summed E-state index contributed by atoms with van der Waals surface area (Å²) in [6.07, 6.45) is -3.41. The number of hydrogen-bond acceptors (Lipinski definition) is 5. The van der Waals surface area contributed by atoms with E-state index in [-0.39, 0.29) is 23.0 Å². The number of benzene rings is 2. The Hall–Kier alpha value is -3.11. The van der Waals surface area contributed by atoms with Gasteiger partial charge in [0.2, 0.25) is 0 Å². The van der Waals surface area contributed by atoms with Gasteiger partial charge in [-0.1, -0.05) is 24.3 Å². The molecule has 2 heterocycles. The SMILES string of the molecule is COc1nc2cc(C3CCOCC3)ccc2n1C(NC(=O)c1ccccc1)(OC)C(F)(F)F. The molecule has 1 saturated heterocycles. The van der Waals surface area contributed by atoms with E-state index in [9.17, 15) is 18.0 Å². The molecule has 0 radical (unpaired) electrons. The van der Waals surface area contributed by atoms with Crippen molar-refractivity contribution in [2.45, 2.75) is 30.8 Å². The van der Waals surface area contributed by atoms with Gasteiger partial charge in [-0.15, -0.1) is 0 Å². The molecule has 1 atom stereocenters. The van der Waals surface area contributed by atoms with Gasteiger partial charge in [0.05, 0.1) is 18.1 Å². The second-order valence-electron chi connectivity index (χ2n) is 7.73. The lowest BCUT2D eigenvalue weighted by Gasteiger charge is -2.36. The molecule has 1 N–H and O–H groups in total. The van der Waals surface area contributed by atoms with Crippen molar-refractivity contribution in [2.24, 2.45) is 0 Å². The van der Waals surface area contributed by atoms with Gasteiger partial charge < -0.3 is 14.2 Å². The summed E-state index contributed by atoms with van der Waals surface area (Å²) in [5, 5.41) is 2.02. The summed E-state index contributed by atoms with van der Waals surface area (Å²) in [4.78, 5) is 17.1. The number of carbonyl (C=O) groups excluding carboxylic acids is 1. The number of aromatic nitrogens is 2. The van der Waals surface area contributed by atoms with Crippen molar-refractivity contribution < 1.29 is 32.2 Å². The fourth-order valence-electron chi connectivity index (χ4n) is 4.13. The van der Waals surface area contributed by atoms with Gasteiger partial charge in [-0.2, -0.15) is 18.2 Å². The fourth-order valence-corrected chi connectivity index (χ4v) is 4.13. The van der Waals surface area contributed by atoms with Crippen LogP contribution in [0.15, 0.2) is 48.5 Å². The predicted octanol–water partition coefficient (Wildman–Crippen LogP) is 4.19. The maximum absolute atomic E-state index is 14.6. The van der Waals surface area contributed by atoms with E-state index in [1.165, 1.54) is 19.2 Å². The molecule has 1 aromatic heterocycles. The molecule has 7 nitrogen and oxygen atoms in total. The Morgan fingerprint density at radius 1 is 1.12 bits per heavy atom. The molecule has 0 aliphatic carbocycles. The smallest absolute Gasteiger partial charge is 0.459 e. The van der Waals surface area contributed by atoms with Gasteiger partial charge in [0.1, 0.15) is 0 Å². The van der Waals surface area contributed by atoms with E-state index in [2.05, 4.69) is 4.98 Å².